The van der Waals surface area contributed by atoms with E-state index in [-0.39, 0.29) is 17.8 Å². The van der Waals surface area contributed by atoms with Crippen LogP contribution >= 0.6 is 0 Å². The first kappa shape index (κ1) is 17.4. The van der Waals surface area contributed by atoms with E-state index in [9.17, 15) is 19.5 Å². The summed E-state index contributed by atoms with van der Waals surface area (Å²) in [7, 11) is 1.28. The summed E-state index contributed by atoms with van der Waals surface area (Å²) >= 11 is 0. The monoisotopic (exact) mass is 356 g/mol. The lowest BCUT2D eigenvalue weighted by Gasteiger charge is -2.20. The number of rotatable bonds is 4. The van der Waals surface area contributed by atoms with E-state index in [2.05, 4.69) is 4.74 Å². The van der Waals surface area contributed by atoms with Crippen LogP contribution in [0.15, 0.2) is 48.5 Å². The van der Waals surface area contributed by atoms with Gasteiger partial charge in [-0.1, -0.05) is 6.07 Å². The summed E-state index contributed by atoms with van der Waals surface area (Å²) < 4.78 is 4.63. The number of hydrogen-bond donors (Lipinski definition) is 2. The molecule has 1 heterocycles. The smallest absolute Gasteiger partial charge is 0.337 e. The number of aliphatic hydroxyl groups is 1. The number of carbonyl (C=O) groups excluding carboxylic acids is 2. The Morgan fingerprint density at radius 1 is 1.08 bits per heavy atom. The molecule has 0 bridgehead atoms. The van der Waals surface area contributed by atoms with Gasteiger partial charge in [0.1, 0.15) is 0 Å². The zero-order valence-corrected chi connectivity index (χ0v) is 13.8. The summed E-state index contributed by atoms with van der Waals surface area (Å²) in [5, 5.41) is 19.4. The number of carbonyl (C=O) groups is 3. The molecule has 1 atom stereocenters. The van der Waals surface area contributed by atoms with Crippen LogP contribution in [0.3, 0.4) is 0 Å². The Bertz CT molecular complexity index is 864. The molecule has 26 heavy (non-hydrogen) atoms. The molecule has 2 aromatic carbocycles. The number of aliphatic hydroxyl groups excluding tert-OH is 1. The molecule has 8 heteroatoms. The fourth-order valence-corrected chi connectivity index (χ4v) is 2.76. The molecule has 134 valence electrons. The maximum absolute atomic E-state index is 12.7. The standard InChI is InChI=1S/C18H16N2O6/c1-26-17(24)11-5-7-13(8-6-11)19-10-15(21)20(18(19)25)14-4-2-3-12(9-14)16(22)23/h2-9,15,21H,10H2,1H3,(H,22,23). The lowest BCUT2D eigenvalue weighted by atomic mass is 10.2. The van der Waals surface area contributed by atoms with E-state index < -0.39 is 24.2 Å². The minimum absolute atomic E-state index is 0.00764. The Labute approximate surface area is 148 Å². The van der Waals surface area contributed by atoms with Crippen LogP contribution in [-0.4, -0.2) is 48.1 Å². The van der Waals surface area contributed by atoms with Gasteiger partial charge < -0.3 is 14.9 Å². The molecular formula is C18H16N2O6. The predicted octanol–water partition coefficient (Wildman–Crippen LogP) is 1.94. The van der Waals surface area contributed by atoms with E-state index in [1.165, 1.54) is 42.3 Å². The van der Waals surface area contributed by atoms with Crippen LogP contribution < -0.4 is 9.80 Å². The quantitative estimate of drug-likeness (QED) is 0.811. The van der Waals surface area contributed by atoms with E-state index >= 15 is 0 Å². The topological polar surface area (TPSA) is 107 Å². The molecule has 0 spiro atoms. The summed E-state index contributed by atoms with van der Waals surface area (Å²) in [4.78, 5) is 37.8. The summed E-state index contributed by atoms with van der Waals surface area (Å²) in [6, 6.07) is 11.5. The van der Waals surface area contributed by atoms with Crippen LogP contribution in [0.1, 0.15) is 20.7 Å². The molecule has 1 unspecified atom stereocenters. The molecule has 1 saturated heterocycles. The van der Waals surface area contributed by atoms with Crippen LogP contribution in [0, 0.1) is 0 Å². The Balaban J connectivity index is 1.87. The molecular weight excluding hydrogens is 340 g/mol. The largest absolute Gasteiger partial charge is 0.478 e. The van der Waals surface area contributed by atoms with Gasteiger partial charge >= 0.3 is 18.0 Å². The summed E-state index contributed by atoms with van der Waals surface area (Å²) in [6.45, 7) is 0.00764. The lowest BCUT2D eigenvalue weighted by Crippen LogP contribution is -2.35. The second kappa shape index (κ2) is 6.85. The SMILES string of the molecule is COC(=O)c1ccc(N2CC(O)N(c3cccc(C(=O)O)c3)C2=O)cc1. The van der Waals surface area contributed by atoms with Gasteiger partial charge in [0, 0.05) is 11.4 Å². The number of hydrogen-bond acceptors (Lipinski definition) is 5. The van der Waals surface area contributed by atoms with E-state index in [0.29, 0.717) is 11.3 Å². The molecule has 2 aromatic rings. The highest BCUT2D eigenvalue weighted by Crippen LogP contribution is 2.28. The Morgan fingerprint density at radius 2 is 1.77 bits per heavy atom. The third kappa shape index (κ3) is 3.09. The van der Waals surface area contributed by atoms with E-state index in [4.69, 9.17) is 5.11 Å². The number of urea groups is 1. The summed E-state index contributed by atoms with van der Waals surface area (Å²) in [5.74, 6) is -1.61. The number of β-amino-alcohol motifs (C(OH)–C–C–N with tert-alkyl or cyclic N) is 1. The van der Waals surface area contributed by atoms with Crippen LogP contribution in [0.5, 0.6) is 0 Å². The molecule has 0 aromatic heterocycles. The molecule has 8 nitrogen and oxygen atoms in total. The number of anilines is 2. The van der Waals surface area contributed by atoms with Gasteiger partial charge in [0.15, 0.2) is 6.23 Å². The van der Waals surface area contributed by atoms with Crippen LogP contribution in [0.4, 0.5) is 16.2 Å². The van der Waals surface area contributed by atoms with Crippen molar-refractivity contribution in [2.45, 2.75) is 6.23 Å². The van der Waals surface area contributed by atoms with Gasteiger partial charge in [0.25, 0.3) is 0 Å². The fraction of sp³-hybridized carbons (Fsp3) is 0.167. The maximum atomic E-state index is 12.7. The number of nitrogens with zero attached hydrogens (tertiary/aromatic N) is 2. The van der Waals surface area contributed by atoms with Crippen molar-refractivity contribution in [3.05, 3.63) is 59.7 Å². The van der Waals surface area contributed by atoms with Crippen molar-refractivity contribution in [1.29, 1.82) is 0 Å². The Kier molecular flexibility index (Phi) is 4.59. The Morgan fingerprint density at radius 3 is 2.38 bits per heavy atom. The van der Waals surface area contributed by atoms with Gasteiger partial charge in [0.05, 0.1) is 24.8 Å². The van der Waals surface area contributed by atoms with E-state index in [0.717, 1.165) is 4.90 Å². The molecule has 1 aliphatic heterocycles. The summed E-state index contributed by atoms with van der Waals surface area (Å²) in [5.41, 5.74) is 1.15. The zero-order chi connectivity index (χ0) is 18.8. The normalized spacial score (nSPS) is 16.7. The van der Waals surface area contributed by atoms with E-state index in [1.54, 1.807) is 18.2 Å². The second-order valence-corrected chi connectivity index (χ2v) is 5.64. The van der Waals surface area contributed by atoms with Crippen LogP contribution in [0.25, 0.3) is 0 Å². The predicted molar refractivity (Wildman–Crippen MR) is 92.4 cm³/mol. The Hall–Kier alpha value is -3.39. The first-order chi connectivity index (χ1) is 12.4. The molecule has 3 rings (SSSR count). The van der Waals surface area contributed by atoms with E-state index in [1.807, 2.05) is 0 Å². The van der Waals surface area contributed by atoms with Crippen molar-refractivity contribution in [2.24, 2.45) is 0 Å². The van der Waals surface area contributed by atoms with Crippen LogP contribution in [0.2, 0.25) is 0 Å². The third-order valence-electron chi connectivity index (χ3n) is 4.05. The van der Waals surface area contributed by atoms with Gasteiger partial charge in [-0.3, -0.25) is 9.80 Å². The minimum atomic E-state index is -1.13. The van der Waals surface area contributed by atoms with Gasteiger partial charge in [0.2, 0.25) is 0 Å². The molecule has 0 radical (unpaired) electrons. The molecule has 2 amide bonds. The van der Waals surface area contributed by atoms with Gasteiger partial charge in [-0.2, -0.15) is 0 Å². The number of amides is 2. The first-order valence-corrected chi connectivity index (χ1v) is 7.73. The number of benzene rings is 2. The molecule has 0 saturated carbocycles. The van der Waals surface area contributed by atoms with Crippen LogP contribution in [-0.2, 0) is 4.74 Å². The highest BCUT2D eigenvalue weighted by atomic mass is 16.5. The number of ether oxygens (including phenoxy) is 1. The van der Waals surface area contributed by atoms with Crippen molar-refractivity contribution in [2.75, 3.05) is 23.5 Å². The number of esters is 1. The van der Waals surface area contributed by atoms with Crippen molar-refractivity contribution >= 4 is 29.3 Å². The molecule has 0 aliphatic carbocycles. The summed E-state index contributed by atoms with van der Waals surface area (Å²) in [6.07, 6.45) is -1.13. The number of carboxylic acids is 1. The second-order valence-electron chi connectivity index (χ2n) is 5.64. The number of aromatic carboxylic acids is 1. The number of methoxy groups -OCH3 is 1. The minimum Gasteiger partial charge on any atom is -0.478 e. The van der Waals surface area contributed by atoms with Gasteiger partial charge in [-0.15, -0.1) is 0 Å². The average molecular weight is 356 g/mol. The van der Waals surface area contributed by atoms with Crippen molar-refractivity contribution < 1.29 is 29.3 Å². The van der Waals surface area contributed by atoms with Crippen molar-refractivity contribution in [1.82, 2.24) is 0 Å². The highest BCUT2D eigenvalue weighted by Gasteiger charge is 2.38. The third-order valence-corrected chi connectivity index (χ3v) is 4.05. The average Bonchev–Trinajstić information content (AvgIpc) is 2.95. The van der Waals surface area contributed by atoms with Gasteiger partial charge in [-0.25, -0.2) is 14.4 Å². The number of carboxylic acid groups (broad SMARTS) is 1. The van der Waals surface area contributed by atoms with Crippen molar-refractivity contribution in [3.8, 4) is 0 Å². The zero-order valence-electron chi connectivity index (χ0n) is 13.8. The highest BCUT2D eigenvalue weighted by molar-refractivity contribution is 6.07. The maximum Gasteiger partial charge on any atom is 0.337 e. The molecule has 2 N–H and O–H groups in total. The molecule has 1 aliphatic rings. The fourth-order valence-electron chi connectivity index (χ4n) is 2.76. The first-order valence-electron chi connectivity index (χ1n) is 7.73. The van der Waals surface area contributed by atoms with Crippen molar-refractivity contribution in [3.63, 3.8) is 0 Å². The van der Waals surface area contributed by atoms with Gasteiger partial charge in [-0.05, 0) is 42.5 Å². The lowest BCUT2D eigenvalue weighted by molar-refractivity contribution is 0.0599. The molecule has 1 fully saturated rings.